The zero-order valence-electron chi connectivity index (χ0n) is 12.9. The molecular formula is C17H14O7. The molecule has 7 nitrogen and oxygen atoms in total. The van der Waals surface area contributed by atoms with Gasteiger partial charge in [0.15, 0.2) is 17.1 Å². The summed E-state index contributed by atoms with van der Waals surface area (Å²) in [6, 6.07) is 8.49. The number of hydrogen-bond acceptors (Lipinski definition) is 7. The highest BCUT2D eigenvalue weighted by atomic mass is 16.5. The van der Waals surface area contributed by atoms with Gasteiger partial charge >= 0.3 is 0 Å². The number of ether oxygens (including phenoxy) is 2. The van der Waals surface area contributed by atoms with Crippen molar-refractivity contribution < 1.29 is 29.2 Å². The third-order valence-electron chi connectivity index (χ3n) is 3.62. The van der Waals surface area contributed by atoms with Crippen molar-refractivity contribution in [1.29, 1.82) is 0 Å². The van der Waals surface area contributed by atoms with E-state index < -0.39 is 28.1 Å². The number of phenols is 2. The zero-order valence-corrected chi connectivity index (χ0v) is 12.9. The Morgan fingerprint density at radius 1 is 0.875 bits per heavy atom. The van der Waals surface area contributed by atoms with Crippen LogP contribution in [0.5, 0.6) is 28.7 Å². The standard InChI is InChI=1S/C17H14O7/c1-22-16-13(21)11(19)9-10(18)12(20)14(8-6-4-3-5-7-8)24-15(9)17(16)23-2/h3-7,19-21H,1-2H3. The molecule has 1 aromatic heterocycles. The van der Waals surface area contributed by atoms with Crippen molar-refractivity contribution in [2.45, 2.75) is 0 Å². The molecule has 24 heavy (non-hydrogen) atoms. The number of fused-ring (bicyclic) bond motifs is 1. The predicted octanol–water partition coefficient (Wildman–Crippen LogP) is 2.59. The van der Waals surface area contributed by atoms with E-state index in [1.54, 1.807) is 30.3 Å². The van der Waals surface area contributed by atoms with Gasteiger partial charge in [-0.05, 0) is 0 Å². The second-order valence-corrected chi connectivity index (χ2v) is 4.94. The summed E-state index contributed by atoms with van der Waals surface area (Å²) in [5.74, 6) is -2.46. The number of aromatic hydroxyl groups is 3. The van der Waals surface area contributed by atoms with Crippen molar-refractivity contribution in [3.8, 4) is 40.1 Å². The van der Waals surface area contributed by atoms with Gasteiger partial charge in [-0.15, -0.1) is 0 Å². The van der Waals surface area contributed by atoms with Crippen molar-refractivity contribution in [3.05, 3.63) is 40.6 Å². The summed E-state index contributed by atoms with van der Waals surface area (Å²) in [4.78, 5) is 12.5. The zero-order chi connectivity index (χ0) is 17.4. The minimum atomic E-state index is -0.899. The fourth-order valence-corrected chi connectivity index (χ4v) is 2.50. The van der Waals surface area contributed by atoms with Crippen molar-refractivity contribution in [1.82, 2.24) is 0 Å². The predicted molar refractivity (Wildman–Crippen MR) is 86.0 cm³/mol. The lowest BCUT2D eigenvalue weighted by Gasteiger charge is -2.14. The van der Waals surface area contributed by atoms with Gasteiger partial charge in [0.05, 0.1) is 14.2 Å². The van der Waals surface area contributed by atoms with Crippen LogP contribution in [0.2, 0.25) is 0 Å². The molecule has 0 fully saturated rings. The molecule has 2 aromatic carbocycles. The van der Waals surface area contributed by atoms with Crippen LogP contribution in [0.25, 0.3) is 22.3 Å². The highest BCUT2D eigenvalue weighted by Crippen LogP contribution is 2.50. The van der Waals surface area contributed by atoms with E-state index in [0.717, 1.165) is 0 Å². The molecule has 3 rings (SSSR count). The lowest BCUT2D eigenvalue weighted by molar-refractivity contribution is 0.320. The minimum Gasteiger partial charge on any atom is -0.504 e. The quantitative estimate of drug-likeness (QED) is 0.633. The van der Waals surface area contributed by atoms with E-state index >= 15 is 0 Å². The molecule has 7 heteroatoms. The molecule has 0 aliphatic rings. The molecule has 0 radical (unpaired) electrons. The lowest BCUT2D eigenvalue weighted by atomic mass is 10.1. The van der Waals surface area contributed by atoms with Gasteiger partial charge in [0, 0.05) is 5.56 Å². The molecule has 0 amide bonds. The Labute approximate surface area is 135 Å². The van der Waals surface area contributed by atoms with Gasteiger partial charge in [-0.25, -0.2) is 0 Å². The normalized spacial score (nSPS) is 10.8. The lowest BCUT2D eigenvalue weighted by Crippen LogP contribution is -2.05. The van der Waals surface area contributed by atoms with Gasteiger partial charge < -0.3 is 29.2 Å². The van der Waals surface area contributed by atoms with E-state index in [-0.39, 0.29) is 22.8 Å². The van der Waals surface area contributed by atoms with Crippen LogP contribution in [0.15, 0.2) is 39.5 Å². The average molecular weight is 330 g/mol. The van der Waals surface area contributed by atoms with Crippen LogP contribution in [0.4, 0.5) is 0 Å². The van der Waals surface area contributed by atoms with Crippen LogP contribution < -0.4 is 14.9 Å². The van der Waals surface area contributed by atoms with Crippen LogP contribution in [-0.4, -0.2) is 29.5 Å². The average Bonchev–Trinajstić information content (AvgIpc) is 2.61. The van der Waals surface area contributed by atoms with Crippen molar-refractivity contribution in [2.24, 2.45) is 0 Å². The van der Waals surface area contributed by atoms with Crippen molar-refractivity contribution >= 4 is 11.0 Å². The summed E-state index contributed by atoms with van der Waals surface area (Å²) in [6.45, 7) is 0. The van der Waals surface area contributed by atoms with Gasteiger partial charge in [0.2, 0.25) is 28.4 Å². The Kier molecular flexibility index (Phi) is 3.69. The number of phenolic OH excluding ortho intramolecular Hbond substituents is 2. The highest BCUT2D eigenvalue weighted by molar-refractivity contribution is 5.96. The first-order valence-electron chi connectivity index (χ1n) is 6.92. The first-order valence-corrected chi connectivity index (χ1v) is 6.92. The molecular weight excluding hydrogens is 316 g/mol. The summed E-state index contributed by atoms with van der Waals surface area (Å²) >= 11 is 0. The second-order valence-electron chi connectivity index (χ2n) is 4.94. The number of benzene rings is 2. The molecule has 1 heterocycles. The summed E-state index contributed by atoms with van der Waals surface area (Å²) in [7, 11) is 2.56. The number of hydrogen-bond donors (Lipinski definition) is 3. The molecule has 0 unspecified atom stereocenters. The van der Waals surface area contributed by atoms with Crippen molar-refractivity contribution in [3.63, 3.8) is 0 Å². The smallest absolute Gasteiger partial charge is 0.239 e. The van der Waals surface area contributed by atoms with E-state index in [4.69, 9.17) is 13.9 Å². The molecule has 3 aromatic rings. The van der Waals surface area contributed by atoms with Crippen LogP contribution in [0.1, 0.15) is 0 Å². The monoisotopic (exact) mass is 330 g/mol. The Morgan fingerprint density at radius 3 is 2.08 bits per heavy atom. The number of methoxy groups -OCH3 is 2. The second kappa shape index (κ2) is 5.69. The van der Waals surface area contributed by atoms with Crippen LogP contribution in [-0.2, 0) is 0 Å². The van der Waals surface area contributed by atoms with Gasteiger partial charge in [-0.3, -0.25) is 4.79 Å². The molecule has 3 N–H and O–H groups in total. The summed E-state index contributed by atoms with van der Waals surface area (Å²) in [5, 5.41) is 29.9. The summed E-state index contributed by atoms with van der Waals surface area (Å²) in [5.41, 5.74) is -0.585. The summed E-state index contributed by atoms with van der Waals surface area (Å²) in [6.07, 6.45) is 0. The largest absolute Gasteiger partial charge is 0.504 e. The van der Waals surface area contributed by atoms with E-state index in [1.807, 2.05) is 0 Å². The third-order valence-corrected chi connectivity index (χ3v) is 3.62. The van der Waals surface area contributed by atoms with E-state index in [2.05, 4.69) is 0 Å². The molecule has 0 aliphatic heterocycles. The SMILES string of the molecule is COc1c(O)c(O)c2c(=O)c(O)c(-c3ccccc3)oc2c1OC. The molecule has 0 aliphatic carbocycles. The van der Waals surface area contributed by atoms with E-state index in [1.165, 1.54) is 14.2 Å². The van der Waals surface area contributed by atoms with E-state index in [9.17, 15) is 20.1 Å². The maximum Gasteiger partial charge on any atom is 0.239 e. The van der Waals surface area contributed by atoms with Crippen molar-refractivity contribution in [2.75, 3.05) is 14.2 Å². The highest BCUT2D eigenvalue weighted by Gasteiger charge is 2.27. The van der Waals surface area contributed by atoms with Crippen LogP contribution >= 0.6 is 0 Å². The maximum absolute atomic E-state index is 12.5. The van der Waals surface area contributed by atoms with E-state index in [0.29, 0.717) is 5.56 Å². The molecule has 0 saturated heterocycles. The Hall–Kier alpha value is -3.35. The Morgan fingerprint density at radius 2 is 1.50 bits per heavy atom. The van der Waals surface area contributed by atoms with Gasteiger partial charge in [0.25, 0.3) is 0 Å². The number of rotatable bonds is 3. The van der Waals surface area contributed by atoms with Crippen LogP contribution in [0.3, 0.4) is 0 Å². The topological polar surface area (TPSA) is 109 Å². The first-order chi connectivity index (χ1) is 11.5. The summed E-state index contributed by atoms with van der Waals surface area (Å²) < 4.78 is 15.8. The molecule has 0 saturated carbocycles. The minimum absolute atomic E-state index is 0.0721. The molecule has 0 atom stereocenters. The molecule has 0 bridgehead atoms. The Bertz CT molecular complexity index is 974. The van der Waals surface area contributed by atoms with Gasteiger partial charge in [-0.2, -0.15) is 0 Å². The Balaban J connectivity index is 2.52. The van der Waals surface area contributed by atoms with Gasteiger partial charge in [-0.1, -0.05) is 30.3 Å². The third kappa shape index (κ3) is 2.10. The van der Waals surface area contributed by atoms with Crippen LogP contribution in [0, 0.1) is 0 Å². The molecule has 0 spiro atoms. The fraction of sp³-hybridized carbons (Fsp3) is 0.118. The fourth-order valence-electron chi connectivity index (χ4n) is 2.50. The maximum atomic E-state index is 12.5. The van der Waals surface area contributed by atoms with Gasteiger partial charge in [0.1, 0.15) is 5.39 Å². The first kappa shape index (κ1) is 15.5. The molecule has 124 valence electrons.